The summed E-state index contributed by atoms with van der Waals surface area (Å²) in [4.78, 5) is 11.4. The Morgan fingerprint density at radius 1 is 1.41 bits per heavy atom. The quantitative estimate of drug-likeness (QED) is 0.682. The lowest BCUT2D eigenvalue weighted by Gasteiger charge is -2.17. The number of rotatable bonds is 8. The summed E-state index contributed by atoms with van der Waals surface area (Å²) in [7, 11) is -3.65. The average Bonchev–Trinajstić information content (AvgIpc) is 3.22. The van der Waals surface area contributed by atoms with Crippen LogP contribution in [0.25, 0.3) is 0 Å². The zero-order chi connectivity index (χ0) is 16.3. The molecule has 7 heteroatoms. The summed E-state index contributed by atoms with van der Waals surface area (Å²) in [6, 6.07) is 4.29. The predicted molar refractivity (Wildman–Crippen MR) is 84.7 cm³/mol. The smallest absolute Gasteiger partial charge is 0.337 e. The number of nitrogens with one attached hydrogen (secondary N) is 2. The van der Waals surface area contributed by atoms with Crippen LogP contribution in [0.1, 0.15) is 49.9 Å². The molecular weight excluding hydrogens is 304 g/mol. The van der Waals surface area contributed by atoms with E-state index in [0.717, 1.165) is 25.7 Å². The van der Waals surface area contributed by atoms with Crippen molar-refractivity contribution >= 4 is 21.7 Å². The van der Waals surface area contributed by atoms with Gasteiger partial charge in [0.15, 0.2) is 0 Å². The fourth-order valence-electron chi connectivity index (χ4n) is 2.25. The Balaban J connectivity index is 2.28. The molecule has 0 aromatic heterocycles. The van der Waals surface area contributed by atoms with E-state index >= 15 is 0 Å². The Hall–Kier alpha value is -1.60. The maximum Gasteiger partial charge on any atom is 0.337 e. The maximum atomic E-state index is 12.2. The van der Waals surface area contributed by atoms with Crippen molar-refractivity contribution in [3.8, 4) is 0 Å². The van der Waals surface area contributed by atoms with E-state index in [2.05, 4.69) is 17.0 Å². The van der Waals surface area contributed by atoms with Crippen molar-refractivity contribution in [2.45, 2.75) is 56.5 Å². The Kier molecular flexibility index (Phi) is 5.08. The second-order valence-corrected chi connectivity index (χ2v) is 7.46. The van der Waals surface area contributed by atoms with Crippen LogP contribution < -0.4 is 10.0 Å². The van der Waals surface area contributed by atoms with Crippen LogP contribution in [0.2, 0.25) is 0 Å². The molecule has 0 aliphatic heterocycles. The first-order valence-corrected chi connectivity index (χ1v) is 8.98. The first kappa shape index (κ1) is 16.8. The Bertz CT molecular complexity index is 654. The van der Waals surface area contributed by atoms with E-state index in [9.17, 15) is 18.3 Å². The van der Waals surface area contributed by atoms with Gasteiger partial charge in [-0.25, -0.2) is 17.9 Å². The number of benzene rings is 1. The van der Waals surface area contributed by atoms with Gasteiger partial charge in [-0.3, -0.25) is 0 Å². The van der Waals surface area contributed by atoms with Gasteiger partial charge in [0.05, 0.1) is 10.5 Å². The SMILES string of the molecule is CCCC(C)Nc1ccc(S(=O)(=O)NC2CC2)cc1C(=O)O. The molecule has 22 heavy (non-hydrogen) atoms. The summed E-state index contributed by atoms with van der Waals surface area (Å²) in [6.45, 7) is 4.02. The lowest BCUT2D eigenvalue weighted by Crippen LogP contribution is -2.26. The molecule has 0 heterocycles. The Morgan fingerprint density at radius 3 is 2.64 bits per heavy atom. The maximum absolute atomic E-state index is 12.2. The molecule has 2 rings (SSSR count). The highest BCUT2D eigenvalue weighted by molar-refractivity contribution is 7.89. The number of hydrogen-bond donors (Lipinski definition) is 3. The van der Waals surface area contributed by atoms with Crippen molar-refractivity contribution in [3.63, 3.8) is 0 Å². The molecular formula is C15H22N2O4S. The summed E-state index contributed by atoms with van der Waals surface area (Å²) in [5.74, 6) is -1.14. The monoisotopic (exact) mass is 326 g/mol. The summed E-state index contributed by atoms with van der Waals surface area (Å²) in [5, 5.41) is 12.5. The van der Waals surface area contributed by atoms with Crippen molar-refractivity contribution in [1.29, 1.82) is 0 Å². The van der Waals surface area contributed by atoms with Gasteiger partial charge in [0.1, 0.15) is 0 Å². The molecule has 0 radical (unpaired) electrons. The van der Waals surface area contributed by atoms with Crippen molar-refractivity contribution in [3.05, 3.63) is 23.8 Å². The molecule has 3 N–H and O–H groups in total. The molecule has 1 atom stereocenters. The number of carboxylic acids is 1. The number of carbonyl (C=O) groups is 1. The summed E-state index contributed by atoms with van der Waals surface area (Å²) in [6.07, 6.45) is 3.55. The van der Waals surface area contributed by atoms with Crippen LogP contribution in [0.15, 0.2) is 23.1 Å². The summed E-state index contributed by atoms with van der Waals surface area (Å²) >= 11 is 0. The van der Waals surface area contributed by atoms with E-state index in [-0.39, 0.29) is 22.5 Å². The van der Waals surface area contributed by atoms with E-state index in [4.69, 9.17) is 0 Å². The van der Waals surface area contributed by atoms with Crippen LogP contribution in [0.4, 0.5) is 5.69 Å². The molecule has 1 unspecified atom stereocenters. The van der Waals surface area contributed by atoms with Gasteiger partial charge in [-0.2, -0.15) is 0 Å². The highest BCUT2D eigenvalue weighted by Gasteiger charge is 2.28. The van der Waals surface area contributed by atoms with E-state index in [1.165, 1.54) is 18.2 Å². The third-order valence-corrected chi connectivity index (χ3v) is 5.07. The highest BCUT2D eigenvalue weighted by Crippen LogP contribution is 2.25. The fourth-order valence-corrected chi connectivity index (χ4v) is 3.58. The zero-order valence-electron chi connectivity index (χ0n) is 12.8. The molecule has 1 aromatic carbocycles. The van der Waals surface area contributed by atoms with Crippen LogP contribution in [-0.2, 0) is 10.0 Å². The largest absolute Gasteiger partial charge is 0.478 e. The highest BCUT2D eigenvalue weighted by atomic mass is 32.2. The van der Waals surface area contributed by atoms with Crippen LogP contribution in [0, 0.1) is 0 Å². The molecule has 6 nitrogen and oxygen atoms in total. The lowest BCUT2D eigenvalue weighted by molar-refractivity contribution is 0.0697. The van der Waals surface area contributed by atoms with Crippen LogP contribution in [0.5, 0.6) is 0 Å². The normalized spacial score (nSPS) is 16.3. The number of carboxylic acid groups (broad SMARTS) is 1. The number of aromatic carboxylic acids is 1. The van der Waals surface area contributed by atoms with Gasteiger partial charge in [-0.05, 0) is 44.4 Å². The molecule has 0 amide bonds. The Morgan fingerprint density at radius 2 is 2.09 bits per heavy atom. The second kappa shape index (κ2) is 6.66. The summed E-state index contributed by atoms with van der Waals surface area (Å²) < 4.78 is 26.9. The van der Waals surface area contributed by atoms with Crippen molar-refractivity contribution in [1.82, 2.24) is 4.72 Å². The number of hydrogen-bond acceptors (Lipinski definition) is 4. The van der Waals surface area contributed by atoms with Crippen LogP contribution in [-0.4, -0.2) is 31.6 Å². The topological polar surface area (TPSA) is 95.5 Å². The van der Waals surface area contributed by atoms with E-state index in [1.54, 1.807) is 0 Å². The third-order valence-electron chi connectivity index (χ3n) is 3.55. The minimum absolute atomic E-state index is 0.00880. The lowest BCUT2D eigenvalue weighted by atomic mass is 10.1. The van der Waals surface area contributed by atoms with E-state index < -0.39 is 16.0 Å². The van der Waals surface area contributed by atoms with Gasteiger partial charge < -0.3 is 10.4 Å². The molecule has 0 saturated heterocycles. The summed E-state index contributed by atoms with van der Waals surface area (Å²) in [5.41, 5.74) is 0.417. The van der Waals surface area contributed by atoms with Crippen molar-refractivity contribution < 1.29 is 18.3 Å². The standard InChI is InChI=1S/C15H22N2O4S/c1-3-4-10(2)16-14-8-7-12(9-13(14)15(18)19)22(20,21)17-11-5-6-11/h7-11,16-17H,3-6H2,1-2H3,(H,18,19). The molecule has 1 fully saturated rings. The van der Waals surface area contributed by atoms with Gasteiger partial charge in [-0.1, -0.05) is 13.3 Å². The third kappa shape index (κ3) is 4.20. The molecule has 1 saturated carbocycles. The minimum atomic E-state index is -3.65. The number of sulfonamides is 1. The van der Waals surface area contributed by atoms with Gasteiger partial charge in [0, 0.05) is 17.8 Å². The van der Waals surface area contributed by atoms with Gasteiger partial charge in [0.2, 0.25) is 10.0 Å². The first-order valence-electron chi connectivity index (χ1n) is 7.49. The van der Waals surface area contributed by atoms with Crippen molar-refractivity contribution in [2.75, 3.05) is 5.32 Å². The minimum Gasteiger partial charge on any atom is -0.478 e. The molecule has 0 spiro atoms. The molecule has 1 aliphatic rings. The van der Waals surface area contributed by atoms with E-state index in [0.29, 0.717) is 5.69 Å². The van der Waals surface area contributed by atoms with Crippen molar-refractivity contribution in [2.24, 2.45) is 0 Å². The molecule has 122 valence electrons. The second-order valence-electron chi connectivity index (χ2n) is 5.74. The average molecular weight is 326 g/mol. The number of anilines is 1. The molecule has 0 bridgehead atoms. The van der Waals surface area contributed by atoms with Gasteiger partial charge in [-0.15, -0.1) is 0 Å². The first-order chi connectivity index (χ1) is 10.3. The fraction of sp³-hybridized carbons (Fsp3) is 0.533. The van der Waals surface area contributed by atoms with Gasteiger partial charge >= 0.3 is 5.97 Å². The Labute approximate surface area is 131 Å². The van der Waals surface area contributed by atoms with E-state index in [1.807, 2.05) is 6.92 Å². The molecule has 1 aromatic rings. The van der Waals surface area contributed by atoms with Crippen LogP contribution >= 0.6 is 0 Å². The predicted octanol–water partition coefficient (Wildman–Crippen LogP) is 2.43. The van der Waals surface area contributed by atoms with Crippen LogP contribution in [0.3, 0.4) is 0 Å². The zero-order valence-corrected chi connectivity index (χ0v) is 13.6. The van der Waals surface area contributed by atoms with Gasteiger partial charge in [0.25, 0.3) is 0 Å². The molecule has 1 aliphatic carbocycles.